The van der Waals surface area contributed by atoms with Crippen LogP contribution in [0.1, 0.15) is 6.92 Å². The van der Waals surface area contributed by atoms with E-state index in [0.717, 1.165) is 4.91 Å². The molecule has 0 atom stereocenters. The van der Waals surface area contributed by atoms with Crippen LogP contribution in [0.5, 0.6) is 0 Å². The molecule has 0 amide bonds. The third-order valence-corrected chi connectivity index (χ3v) is 1.15. The quantitative estimate of drug-likeness (QED) is 0.545. The van der Waals surface area contributed by atoms with Gasteiger partial charge in [0.1, 0.15) is 0 Å². The number of rotatable bonds is 2. The Morgan fingerprint density at radius 3 is 2.71 bits per heavy atom. The maximum atomic E-state index is 8.00. The maximum Gasteiger partial charge on any atom is 0.0851 e. The van der Waals surface area contributed by atoms with Crippen LogP contribution >= 0.6 is 11.8 Å². The van der Waals surface area contributed by atoms with Crippen molar-refractivity contribution in [1.82, 2.24) is 0 Å². The summed E-state index contributed by atoms with van der Waals surface area (Å²) in [4.78, 5) is 1.00. The summed E-state index contributed by atoms with van der Waals surface area (Å²) < 4.78 is 0. The van der Waals surface area contributed by atoms with Gasteiger partial charge in [0.25, 0.3) is 0 Å². The van der Waals surface area contributed by atoms with E-state index in [-0.39, 0.29) is 0 Å². The van der Waals surface area contributed by atoms with Gasteiger partial charge in [0.05, 0.1) is 11.8 Å². The summed E-state index contributed by atoms with van der Waals surface area (Å²) in [7, 11) is 0. The topological polar surface area (TPSA) is 23.8 Å². The molecule has 0 rings (SSSR count). The average molecular weight is 113 g/mol. The van der Waals surface area contributed by atoms with Gasteiger partial charge in [0, 0.05) is 0 Å². The second-order valence-corrected chi connectivity index (χ2v) is 2.42. The average Bonchev–Trinajstić information content (AvgIpc) is 1.61. The molecule has 0 aliphatic heterocycles. The van der Waals surface area contributed by atoms with Crippen molar-refractivity contribution in [1.29, 1.82) is 5.26 Å². The normalized spacial score (nSPS) is 7.43. The third kappa shape index (κ3) is 5.58. The Kier molecular flexibility index (Phi) is 3.53. The van der Waals surface area contributed by atoms with Gasteiger partial charge in [-0.25, -0.2) is 0 Å². The van der Waals surface area contributed by atoms with Crippen LogP contribution in [0, 0.1) is 11.3 Å². The smallest absolute Gasteiger partial charge is 0.0851 e. The lowest BCUT2D eigenvalue weighted by molar-refractivity contribution is 1.49. The highest BCUT2D eigenvalue weighted by Crippen LogP contribution is 2.08. The predicted molar refractivity (Wildman–Crippen MR) is 32.9 cm³/mol. The van der Waals surface area contributed by atoms with E-state index in [1.54, 1.807) is 0 Å². The molecule has 0 aromatic carbocycles. The van der Waals surface area contributed by atoms with E-state index < -0.39 is 0 Å². The zero-order valence-corrected chi connectivity index (χ0v) is 5.09. The van der Waals surface area contributed by atoms with E-state index in [4.69, 9.17) is 5.26 Å². The first kappa shape index (κ1) is 6.58. The SMILES string of the molecule is C=C(C)SCC#N. The molecule has 1 nitrogen and oxygen atoms in total. The molecular weight excluding hydrogens is 106 g/mol. The third-order valence-electron chi connectivity index (χ3n) is 0.383. The second-order valence-electron chi connectivity index (χ2n) is 1.15. The molecule has 0 bridgehead atoms. The van der Waals surface area contributed by atoms with Crippen LogP contribution in [0.15, 0.2) is 11.5 Å². The number of nitrogens with zero attached hydrogens (tertiary/aromatic N) is 1. The molecule has 0 aliphatic carbocycles. The molecule has 0 aromatic rings. The van der Waals surface area contributed by atoms with Crippen LogP contribution in [0.25, 0.3) is 0 Å². The van der Waals surface area contributed by atoms with E-state index in [1.807, 2.05) is 13.0 Å². The van der Waals surface area contributed by atoms with E-state index in [9.17, 15) is 0 Å². The lowest BCUT2D eigenvalue weighted by Crippen LogP contribution is -1.66. The van der Waals surface area contributed by atoms with Crippen LogP contribution in [0.4, 0.5) is 0 Å². The molecular formula is C5H7NS. The molecule has 0 saturated carbocycles. The monoisotopic (exact) mass is 113 g/mol. The van der Waals surface area contributed by atoms with Gasteiger partial charge in [-0.05, 0) is 11.8 Å². The Balaban J connectivity index is 3.02. The Morgan fingerprint density at radius 2 is 2.57 bits per heavy atom. The molecule has 38 valence electrons. The van der Waals surface area contributed by atoms with Gasteiger partial charge < -0.3 is 0 Å². The first-order chi connectivity index (χ1) is 3.27. The number of allylic oxidation sites excluding steroid dienone is 1. The van der Waals surface area contributed by atoms with E-state index in [1.165, 1.54) is 11.8 Å². The molecule has 0 radical (unpaired) electrons. The lowest BCUT2D eigenvalue weighted by Gasteiger charge is -1.85. The van der Waals surface area contributed by atoms with Crippen molar-refractivity contribution in [2.45, 2.75) is 6.92 Å². The van der Waals surface area contributed by atoms with Gasteiger partial charge in [0.2, 0.25) is 0 Å². The van der Waals surface area contributed by atoms with Crippen molar-refractivity contribution < 1.29 is 0 Å². The fourth-order valence-corrected chi connectivity index (χ4v) is 0.466. The Morgan fingerprint density at radius 1 is 2.00 bits per heavy atom. The van der Waals surface area contributed by atoms with Crippen LogP contribution < -0.4 is 0 Å². The van der Waals surface area contributed by atoms with Crippen molar-refractivity contribution in [3.63, 3.8) is 0 Å². The lowest BCUT2D eigenvalue weighted by atomic mass is 10.8. The largest absolute Gasteiger partial charge is 0.197 e. The minimum atomic E-state index is 0.523. The molecule has 7 heavy (non-hydrogen) atoms. The number of nitriles is 1. The van der Waals surface area contributed by atoms with Crippen molar-refractivity contribution in [3.8, 4) is 6.07 Å². The summed E-state index contributed by atoms with van der Waals surface area (Å²) in [6, 6.07) is 2.00. The molecule has 0 unspecified atom stereocenters. The van der Waals surface area contributed by atoms with Gasteiger partial charge in [-0.3, -0.25) is 0 Å². The van der Waals surface area contributed by atoms with Crippen LogP contribution in [0.3, 0.4) is 0 Å². The fraction of sp³-hybridized carbons (Fsp3) is 0.400. The van der Waals surface area contributed by atoms with E-state index >= 15 is 0 Å². The minimum Gasteiger partial charge on any atom is -0.197 e. The first-order valence-electron chi connectivity index (χ1n) is 1.92. The van der Waals surface area contributed by atoms with Crippen molar-refractivity contribution in [2.75, 3.05) is 5.75 Å². The van der Waals surface area contributed by atoms with E-state index in [0.29, 0.717) is 5.75 Å². The van der Waals surface area contributed by atoms with E-state index in [2.05, 4.69) is 6.58 Å². The highest BCUT2D eigenvalue weighted by atomic mass is 32.2. The summed E-state index contributed by atoms with van der Waals surface area (Å²) in [5.74, 6) is 0.523. The maximum absolute atomic E-state index is 8.00. The van der Waals surface area contributed by atoms with Crippen molar-refractivity contribution >= 4 is 11.8 Å². The summed E-state index contributed by atoms with van der Waals surface area (Å²) in [6.45, 7) is 5.50. The molecule has 0 heterocycles. The first-order valence-corrected chi connectivity index (χ1v) is 2.91. The Labute approximate surface area is 48.0 Å². The number of hydrogen-bond acceptors (Lipinski definition) is 2. The molecule has 0 saturated heterocycles. The van der Waals surface area contributed by atoms with Crippen molar-refractivity contribution in [2.24, 2.45) is 0 Å². The summed E-state index contributed by atoms with van der Waals surface area (Å²) in [5, 5.41) is 8.00. The summed E-state index contributed by atoms with van der Waals surface area (Å²) >= 11 is 1.48. The van der Waals surface area contributed by atoms with Crippen LogP contribution in [0.2, 0.25) is 0 Å². The minimum absolute atomic E-state index is 0.523. The molecule has 2 heteroatoms. The molecule has 0 aromatic heterocycles. The molecule has 0 fully saturated rings. The Hall–Kier alpha value is -0.420. The van der Waals surface area contributed by atoms with Gasteiger partial charge in [-0.1, -0.05) is 6.58 Å². The van der Waals surface area contributed by atoms with Gasteiger partial charge in [-0.15, -0.1) is 11.8 Å². The van der Waals surface area contributed by atoms with Crippen molar-refractivity contribution in [3.05, 3.63) is 11.5 Å². The zero-order valence-electron chi connectivity index (χ0n) is 4.27. The zero-order chi connectivity index (χ0) is 5.70. The van der Waals surface area contributed by atoms with Gasteiger partial charge >= 0.3 is 0 Å². The number of hydrogen-bond donors (Lipinski definition) is 0. The van der Waals surface area contributed by atoms with Gasteiger partial charge in [0.15, 0.2) is 0 Å². The summed E-state index contributed by atoms with van der Waals surface area (Å²) in [6.07, 6.45) is 0. The van der Waals surface area contributed by atoms with Crippen LogP contribution in [-0.4, -0.2) is 5.75 Å². The van der Waals surface area contributed by atoms with Gasteiger partial charge in [-0.2, -0.15) is 5.26 Å². The standard InChI is InChI=1S/C5H7NS/c1-5(2)7-4-3-6/h1,4H2,2H3. The summed E-state index contributed by atoms with van der Waals surface area (Å²) in [5.41, 5.74) is 0. The highest BCUT2D eigenvalue weighted by molar-refractivity contribution is 8.03. The van der Waals surface area contributed by atoms with Crippen LogP contribution in [-0.2, 0) is 0 Å². The second kappa shape index (κ2) is 3.76. The predicted octanol–water partition coefficient (Wildman–Crippen LogP) is 1.78. The fourth-order valence-electron chi connectivity index (χ4n) is 0.155. The highest BCUT2D eigenvalue weighted by Gasteiger charge is 1.80. The Bertz CT molecular complexity index is 101. The number of thioether (sulfide) groups is 1. The molecule has 0 spiro atoms. The molecule has 0 N–H and O–H groups in total. The molecule has 0 aliphatic rings.